The third kappa shape index (κ3) is 2.80. The number of anilines is 1. The molecule has 2 heterocycles. The summed E-state index contributed by atoms with van der Waals surface area (Å²) < 4.78 is 4.97. The van der Waals surface area contributed by atoms with E-state index in [0.29, 0.717) is 11.3 Å². The van der Waals surface area contributed by atoms with Gasteiger partial charge in [-0.1, -0.05) is 12.1 Å². The maximum Gasteiger partial charge on any atom is 0.270 e. The summed E-state index contributed by atoms with van der Waals surface area (Å²) in [4.78, 5) is 26.3. The molecule has 1 saturated heterocycles. The number of furan rings is 1. The van der Waals surface area contributed by atoms with Gasteiger partial charge < -0.3 is 4.42 Å². The fraction of sp³-hybridized carbons (Fsp3) is 0.118. The molecule has 1 fully saturated rings. The fourth-order valence-electron chi connectivity index (χ4n) is 2.36. The van der Waals surface area contributed by atoms with E-state index in [1.807, 2.05) is 32.0 Å². The van der Waals surface area contributed by atoms with E-state index in [1.165, 1.54) is 23.5 Å². The van der Waals surface area contributed by atoms with Gasteiger partial charge in [0.25, 0.3) is 11.8 Å². The second-order valence-electron chi connectivity index (χ2n) is 5.30. The standard InChI is InChI=1S/C17H14N2O3S/c1-10-3-4-11(2)14(7-10)19-16(21)13(15(20)18-17(19)23)8-12-5-6-22-9-12/h3-9H,1-2H3,(H,18,20,23)/b13-8+. The van der Waals surface area contributed by atoms with Crippen molar-refractivity contribution >= 4 is 40.9 Å². The van der Waals surface area contributed by atoms with Crippen LogP contribution in [0.5, 0.6) is 0 Å². The van der Waals surface area contributed by atoms with Gasteiger partial charge in [0, 0.05) is 5.56 Å². The highest BCUT2D eigenvalue weighted by atomic mass is 32.1. The summed E-state index contributed by atoms with van der Waals surface area (Å²) in [7, 11) is 0. The van der Waals surface area contributed by atoms with Crippen molar-refractivity contribution in [2.45, 2.75) is 13.8 Å². The molecule has 23 heavy (non-hydrogen) atoms. The van der Waals surface area contributed by atoms with Crippen LogP contribution in [0.2, 0.25) is 0 Å². The Kier molecular flexibility index (Phi) is 3.83. The molecule has 0 spiro atoms. The Balaban J connectivity index is 2.07. The number of hydrogen-bond acceptors (Lipinski definition) is 4. The number of carbonyl (C=O) groups is 2. The molecule has 1 N–H and O–H groups in total. The Morgan fingerprint density at radius 2 is 2.00 bits per heavy atom. The fourth-order valence-corrected chi connectivity index (χ4v) is 2.63. The summed E-state index contributed by atoms with van der Waals surface area (Å²) in [6.45, 7) is 3.82. The van der Waals surface area contributed by atoms with Crippen molar-refractivity contribution in [1.82, 2.24) is 5.32 Å². The molecule has 1 aliphatic rings. The van der Waals surface area contributed by atoms with E-state index in [9.17, 15) is 9.59 Å². The Labute approximate surface area is 138 Å². The number of aryl methyl sites for hydroxylation is 2. The number of benzene rings is 1. The summed E-state index contributed by atoms with van der Waals surface area (Å²) in [5.41, 5.74) is 3.21. The molecule has 5 nitrogen and oxygen atoms in total. The van der Waals surface area contributed by atoms with Crippen LogP contribution in [0.4, 0.5) is 5.69 Å². The maximum absolute atomic E-state index is 12.8. The molecule has 2 amide bonds. The van der Waals surface area contributed by atoms with Gasteiger partial charge in [0.15, 0.2) is 5.11 Å². The molecule has 0 radical (unpaired) electrons. The van der Waals surface area contributed by atoms with Crippen molar-refractivity contribution in [3.8, 4) is 0 Å². The van der Waals surface area contributed by atoms with E-state index >= 15 is 0 Å². The molecule has 0 bridgehead atoms. The third-order valence-corrected chi connectivity index (χ3v) is 3.85. The molecule has 6 heteroatoms. The highest BCUT2D eigenvalue weighted by molar-refractivity contribution is 7.80. The monoisotopic (exact) mass is 326 g/mol. The molecule has 0 aliphatic carbocycles. The summed E-state index contributed by atoms with van der Waals surface area (Å²) >= 11 is 5.19. The van der Waals surface area contributed by atoms with Crippen LogP contribution in [0.1, 0.15) is 16.7 Å². The van der Waals surface area contributed by atoms with Gasteiger partial charge in [-0.2, -0.15) is 0 Å². The third-order valence-electron chi connectivity index (χ3n) is 3.56. The van der Waals surface area contributed by atoms with E-state index in [0.717, 1.165) is 11.1 Å². The van der Waals surface area contributed by atoms with Gasteiger partial charge in [0.2, 0.25) is 0 Å². The molecular weight excluding hydrogens is 312 g/mol. The first-order chi connectivity index (χ1) is 11.0. The zero-order chi connectivity index (χ0) is 16.6. The van der Waals surface area contributed by atoms with Crippen LogP contribution in [-0.2, 0) is 9.59 Å². The molecule has 116 valence electrons. The lowest BCUT2D eigenvalue weighted by atomic mass is 10.1. The number of amides is 2. The van der Waals surface area contributed by atoms with Crippen molar-refractivity contribution in [3.05, 3.63) is 59.1 Å². The minimum absolute atomic E-state index is 0.0147. The summed E-state index contributed by atoms with van der Waals surface area (Å²) in [5.74, 6) is -0.962. The first-order valence-corrected chi connectivity index (χ1v) is 7.39. The van der Waals surface area contributed by atoms with Gasteiger partial charge in [0.1, 0.15) is 5.57 Å². The lowest BCUT2D eigenvalue weighted by molar-refractivity contribution is -0.122. The molecule has 0 atom stereocenters. The number of rotatable bonds is 2. The molecule has 0 unspecified atom stereocenters. The van der Waals surface area contributed by atoms with Gasteiger partial charge in [-0.05, 0) is 55.4 Å². The number of thiocarbonyl (C=S) groups is 1. The number of hydrogen-bond donors (Lipinski definition) is 1. The minimum Gasteiger partial charge on any atom is -0.472 e. The SMILES string of the molecule is Cc1ccc(C)c(N2C(=O)/C(=C/c3ccoc3)C(=O)NC2=S)c1. The van der Waals surface area contributed by atoms with Crippen LogP contribution < -0.4 is 10.2 Å². The Bertz CT molecular complexity index is 838. The lowest BCUT2D eigenvalue weighted by Crippen LogP contribution is -2.54. The summed E-state index contributed by atoms with van der Waals surface area (Å²) in [6, 6.07) is 7.41. The topological polar surface area (TPSA) is 62.6 Å². The molecule has 3 rings (SSSR count). The second kappa shape index (κ2) is 5.81. The van der Waals surface area contributed by atoms with Gasteiger partial charge in [0.05, 0.1) is 18.2 Å². The predicted molar refractivity (Wildman–Crippen MR) is 90.8 cm³/mol. The normalized spacial score (nSPS) is 16.9. The van der Waals surface area contributed by atoms with Crippen molar-refractivity contribution in [2.75, 3.05) is 4.90 Å². The maximum atomic E-state index is 12.8. The zero-order valence-corrected chi connectivity index (χ0v) is 13.4. The summed E-state index contributed by atoms with van der Waals surface area (Å²) in [5, 5.41) is 2.65. The number of nitrogens with zero attached hydrogens (tertiary/aromatic N) is 1. The predicted octanol–water partition coefficient (Wildman–Crippen LogP) is 2.73. The van der Waals surface area contributed by atoms with E-state index < -0.39 is 11.8 Å². The number of nitrogens with one attached hydrogen (secondary N) is 1. The molecular formula is C17H14N2O3S. The second-order valence-corrected chi connectivity index (χ2v) is 5.69. The highest BCUT2D eigenvalue weighted by Gasteiger charge is 2.35. The molecule has 0 saturated carbocycles. The van der Waals surface area contributed by atoms with Crippen LogP contribution in [0.3, 0.4) is 0 Å². The quantitative estimate of drug-likeness (QED) is 0.524. The van der Waals surface area contributed by atoms with E-state index in [4.69, 9.17) is 16.6 Å². The van der Waals surface area contributed by atoms with Crippen LogP contribution in [0.25, 0.3) is 6.08 Å². The average Bonchev–Trinajstić information content (AvgIpc) is 3.00. The lowest BCUT2D eigenvalue weighted by Gasteiger charge is -2.30. The molecule has 1 aliphatic heterocycles. The van der Waals surface area contributed by atoms with Gasteiger partial charge >= 0.3 is 0 Å². The summed E-state index contributed by atoms with van der Waals surface area (Å²) in [6.07, 6.45) is 4.43. The molecule has 2 aromatic rings. The first-order valence-electron chi connectivity index (χ1n) is 6.98. The minimum atomic E-state index is -0.511. The van der Waals surface area contributed by atoms with Crippen molar-refractivity contribution < 1.29 is 14.0 Å². The van der Waals surface area contributed by atoms with Crippen LogP contribution in [0.15, 0.2) is 46.8 Å². The van der Waals surface area contributed by atoms with Gasteiger partial charge in [-0.15, -0.1) is 0 Å². The molecule has 1 aromatic heterocycles. The van der Waals surface area contributed by atoms with E-state index in [1.54, 1.807) is 6.07 Å². The van der Waals surface area contributed by atoms with Crippen LogP contribution >= 0.6 is 12.2 Å². The Morgan fingerprint density at radius 1 is 1.22 bits per heavy atom. The van der Waals surface area contributed by atoms with Gasteiger partial charge in [-0.3, -0.25) is 19.8 Å². The van der Waals surface area contributed by atoms with Crippen molar-refractivity contribution in [1.29, 1.82) is 0 Å². The van der Waals surface area contributed by atoms with Gasteiger partial charge in [-0.25, -0.2) is 0 Å². The van der Waals surface area contributed by atoms with E-state index in [2.05, 4.69) is 5.32 Å². The zero-order valence-electron chi connectivity index (χ0n) is 12.6. The smallest absolute Gasteiger partial charge is 0.270 e. The largest absolute Gasteiger partial charge is 0.472 e. The average molecular weight is 326 g/mol. The van der Waals surface area contributed by atoms with Crippen molar-refractivity contribution in [2.24, 2.45) is 0 Å². The number of carbonyl (C=O) groups excluding carboxylic acids is 2. The Hall–Kier alpha value is -2.73. The van der Waals surface area contributed by atoms with Crippen molar-refractivity contribution in [3.63, 3.8) is 0 Å². The first kappa shape index (κ1) is 15.2. The Morgan fingerprint density at radius 3 is 2.70 bits per heavy atom. The van der Waals surface area contributed by atoms with Crippen LogP contribution in [0, 0.1) is 13.8 Å². The molecule has 1 aromatic carbocycles. The van der Waals surface area contributed by atoms with Crippen LogP contribution in [-0.4, -0.2) is 16.9 Å². The highest BCUT2D eigenvalue weighted by Crippen LogP contribution is 2.26. The van der Waals surface area contributed by atoms with E-state index in [-0.39, 0.29) is 10.7 Å².